The van der Waals surface area contributed by atoms with E-state index in [0.717, 1.165) is 36.2 Å². The lowest BCUT2D eigenvalue weighted by molar-refractivity contribution is 0.0705. The van der Waals surface area contributed by atoms with Gasteiger partial charge in [-0.15, -0.1) is 0 Å². The number of amides is 1. The average Bonchev–Trinajstić information content (AvgIpc) is 3.24. The minimum atomic E-state index is -0.0434. The van der Waals surface area contributed by atoms with E-state index >= 15 is 0 Å². The first-order valence-corrected chi connectivity index (χ1v) is 9.41. The number of piperidine rings is 1. The smallest absolute Gasteiger partial charge is 0.255 e. The summed E-state index contributed by atoms with van der Waals surface area (Å²) >= 11 is 0. The minimum absolute atomic E-state index is 0.0434. The Kier molecular flexibility index (Phi) is 4.90. The molecule has 3 aromatic rings. The molecule has 28 heavy (non-hydrogen) atoms. The van der Waals surface area contributed by atoms with Gasteiger partial charge in [0.25, 0.3) is 5.91 Å². The third-order valence-corrected chi connectivity index (χ3v) is 5.27. The zero-order valence-corrected chi connectivity index (χ0v) is 15.7. The van der Waals surface area contributed by atoms with Crippen molar-refractivity contribution in [2.45, 2.75) is 25.7 Å². The van der Waals surface area contributed by atoms with E-state index in [-0.39, 0.29) is 11.8 Å². The first-order chi connectivity index (χ1) is 13.7. The molecule has 6 heteroatoms. The van der Waals surface area contributed by atoms with Crippen molar-refractivity contribution in [3.63, 3.8) is 0 Å². The molecule has 3 heterocycles. The Balaban J connectivity index is 1.54. The van der Waals surface area contributed by atoms with Gasteiger partial charge in [-0.2, -0.15) is 10.4 Å². The number of nitrogens with zero attached hydrogens (tertiary/aromatic N) is 4. The largest absolute Gasteiger partial charge is 0.338 e. The van der Waals surface area contributed by atoms with Gasteiger partial charge in [-0.3, -0.25) is 9.89 Å². The zero-order chi connectivity index (χ0) is 19.5. The molecule has 140 valence electrons. The Labute approximate surface area is 163 Å². The maximum atomic E-state index is 12.9. The topological polar surface area (TPSA) is 85.7 Å². The number of rotatable bonds is 3. The number of benzene rings is 1. The lowest BCUT2D eigenvalue weighted by Gasteiger charge is -2.32. The van der Waals surface area contributed by atoms with E-state index in [0.29, 0.717) is 17.8 Å². The number of carbonyl (C=O) groups is 1. The van der Waals surface area contributed by atoms with Crippen molar-refractivity contribution in [2.24, 2.45) is 0 Å². The number of likely N-dealkylation sites (tertiary alicyclic amines) is 1. The van der Waals surface area contributed by atoms with E-state index in [1.54, 1.807) is 12.1 Å². The first kappa shape index (κ1) is 17.9. The molecule has 0 saturated carbocycles. The van der Waals surface area contributed by atoms with E-state index in [1.807, 2.05) is 17.2 Å². The molecular formula is C22H21N5O. The van der Waals surface area contributed by atoms with Crippen LogP contribution in [0, 0.1) is 18.3 Å². The van der Waals surface area contributed by atoms with E-state index in [2.05, 4.69) is 46.4 Å². The van der Waals surface area contributed by atoms with Crippen LogP contribution in [0.2, 0.25) is 0 Å². The Hall–Kier alpha value is -3.46. The first-order valence-electron chi connectivity index (χ1n) is 9.41. The number of carbonyl (C=O) groups excluding carboxylic acids is 1. The van der Waals surface area contributed by atoms with Crippen LogP contribution in [0.15, 0.2) is 48.8 Å². The molecule has 1 fully saturated rings. The normalized spacial score (nSPS) is 16.6. The molecule has 1 unspecified atom stereocenters. The second kappa shape index (κ2) is 7.65. The molecular weight excluding hydrogens is 350 g/mol. The zero-order valence-electron chi connectivity index (χ0n) is 15.7. The number of nitriles is 1. The molecule has 2 aromatic heterocycles. The van der Waals surface area contributed by atoms with Gasteiger partial charge in [0, 0.05) is 36.5 Å². The van der Waals surface area contributed by atoms with Gasteiger partial charge in [0.05, 0.1) is 11.8 Å². The maximum Gasteiger partial charge on any atom is 0.255 e. The molecule has 0 aliphatic carbocycles. The molecule has 6 nitrogen and oxygen atoms in total. The average molecular weight is 371 g/mol. The SMILES string of the molecule is Cc1ccc(-c2cn[nH]c2C2CCCN(C(=O)c3ccc(C#N)nc3)C2)cc1. The number of aromatic amines is 1. The van der Waals surface area contributed by atoms with E-state index in [9.17, 15) is 4.79 Å². The van der Waals surface area contributed by atoms with Gasteiger partial charge in [0.15, 0.2) is 0 Å². The highest BCUT2D eigenvalue weighted by molar-refractivity contribution is 5.94. The molecule has 1 N–H and O–H groups in total. The van der Waals surface area contributed by atoms with Gasteiger partial charge in [-0.1, -0.05) is 29.8 Å². The lowest BCUT2D eigenvalue weighted by Crippen LogP contribution is -2.39. The van der Waals surface area contributed by atoms with Crippen molar-refractivity contribution in [2.75, 3.05) is 13.1 Å². The molecule has 1 saturated heterocycles. The highest BCUT2D eigenvalue weighted by Crippen LogP contribution is 2.33. The predicted octanol–water partition coefficient (Wildman–Crippen LogP) is 3.67. The molecule has 0 spiro atoms. The fourth-order valence-corrected chi connectivity index (χ4v) is 3.74. The van der Waals surface area contributed by atoms with Crippen molar-refractivity contribution < 1.29 is 4.79 Å². The fraction of sp³-hybridized carbons (Fsp3) is 0.273. The Bertz CT molecular complexity index is 1010. The molecule has 1 amide bonds. The van der Waals surface area contributed by atoms with E-state index < -0.39 is 0 Å². The van der Waals surface area contributed by atoms with E-state index in [1.165, 1.54) is 11.8 Å². The summed E-state index contributed by atoms with van der Waals surface area (Å²) in [7, 11) is 0. The molecule has 1 aromatic carbocycles. The summed E-state index contributed by atoms with van der Waals surface area (Å²) in [6.07, 6.45) is 5.30. The summed E-state index contributed by atoms with van der Waals surface area (Å²) in [4.78, 5) is 18.8. The van der Waals surface area contributed by atoms with Crippen LogP contribution < -0.4 is 0 Å². The highest BCUT2D eigenvalue weighted by Gasteiger charge is 2.28. The monoisotopic (exact) mass is 371 g/mol. The van der Waals surface area contributed by atoms with Crippen LogP contribution in [0.4, 0.5) is 0 Å². The van der Waals surface area contributed by atoms with Crippen LogP contribution in [-0.4, -0.2) is 39.1 Å². The van der Waals surface area contributed by atoms with Crippen LogP contribution in [0.1, 0.15) is 46.1 Å². The molecule has 0 bridgehead atoms. The summed E-state index contributed by atoms with van der Waals surface area (Å²) in [6, 6.07) is 13.6. The number of aryl methyl sites for hydroxylation is 1. The van der Waals surface area contributed by atoms with Crippen LogP contribution in [0.25, 0.3) is 11.1 Å². The fourth-order valence-electron chi connectivity index (χ4n) is 3.74. The summed E-state index contributed by atoms with van der Waals surface area (Å²) in [5.74, 6) is 0.168. The summed E-state index contributed by atoms with van der Waals surface area (Å²) < 4.78 is 0. The molecule has 4 rings (SSSR count). The van der Waals surface area contributed by atoms with Crippen molar-refractivity contribution in [1.82, 2.24) is 20.1 Å². The van der Waals surface area contributed by atoms with Crippen molar-refractivity contribution >= 4 is 5.91 Å². The molecule has 0 radical (unpaired) electrons. The molecule has 1 aliphatic rings. The second-order valence-corrected chi connectivity index (χ2v) is 7.20. The summed E-state index contributed by atoms with van der Waals surface area (Å²) in [6.45, 7) is 3.44. The standard InChI is InChI=1S/C22H21N5O/c1-15-4-6-16(7-5-15)20-13-25-26-21(20)18-3-2-10-27(14-18)22(28)17-8-9-19(11-23)24-12-17/h4-9,12-13,18H,2-3,10,14H2,1H3,(H,25,26). The van der Waals surface area contributed by atoms with Crippen LogP contribution >= 0.6 is 0 Å². The Morgan fingerprint density at radius 2 is 2.04 bits per heavy atom. The highest BCUT2D eigenvalue weighted by atomic mass is 16.2. The van der Waals surface area contributed by atoms with E-state index in [4.69, 9.17) is 5.26 Å². The lowest BCUT2D eigenvalue weighted by atomic mass is 9.90. The van der Waals surface area contributed by atoms with Gasteiger partial charge in [-0.25, -0.2) is 4.98 Å². The Morgan fingerprint density at radius 1 is 1.21 bits per heavy atom. The van der Waals surface area contributed by atoms with Gasteiger partial charge in [0.1, 0.15) is 11.8 Å². The third-order valence-electron chi connectivity index (χ3n) is 5.27. The molecule has 1 atom stereocenters. The number of hydrogen-bond donors (Lipinski definition) is 1. The van der Waals surface area contributed by atoms with Gasteiger partial charge < -0.3 is 4.90 Å². The summed E-state index contributed by atoms with van der Waals surface area (Å²) in [5, 5.41) is 16.3. The minimum Gasteiger partial charge on any atom is -0.338 e. The van der Waals surface area contributed by atoms with Crippen LogP contribution in [0.5, 0.6) is 0 Å². The number of pyridine rings is 1. The summed E-state index contributed by atoms with van der Waals surface area (Å²) in [5.41, 5.74) is 5.36. The van der Waals surface area contributed by atoms with Crippen molar-refractivity contribution in [1.29, 1.82) is 5.26 Å². The van der Waals surface area contributed by atoms with Crippen LogP contribution in [0.3, 0.4) is 0 Å². The van der Waals surface area contributed by atoms with Crippen molar-refractivity contribution in [3.8, 4) is 17.2 Å². The van der Waals surface area contributed by atoms with Crippen LogP contribution in [-0.2, 0) is 0 Å². The number of nitrogens with one attached hydrogen (secondary N) is 1. The van der Waals surface area contributed by atoms with Gasteiger partial charge >= 0.3 is 0 Å². The Morgan fingerprint density at radius 3 is 2.75 bits per heavy atom. The quantitative estimate of drug-likeness (QED) is 0.761. The van der Waals surface area contributed by atoms with Crippen molar-refractivity contribution in [3.05, 3.63) is 71.3 Å². The number of H-pyrrole nitrogens is 1. The maximum absolute atomic E-state index is 12.9. The number of aromatic nitrogens is 3. The molecule has 1 aliphatic heterocycles. The second-order valence-electron chi connectivity index (χ2n) is 7.20. The van der Waals surface area contributed by atoms with Gasteiger partial charge in [-0.05, 0) is 37.5 Å². The number of hydrogen-bond acceptors (Lipinski definition) is 4. The predicted molar refractivity (Wildman–Crippen MR) is 106 cm³/mol. The van der Waals surface area contributed by atoms with Gasteiger partial charge in [0.2, 0.25) is 0 Å². The third kappa shape index (κ3) is 3.52.